The van der Waals surface area contributed by atoms with Crippen molar-refractivity contribution in [1.29, 1.82) is 0 Å². The van der Waals surface area contributed by atoms with Gasteiger partial charge in [-0.25, -0.2) is 8.78 Å². The number of halogens is 3. The van der Waals surface area contributed by atoms with Gasteiger partial charge in [0.25, 0.3) is 0 Å². The Balaban J connectivity index is 2.15. The minimum Gasteiger partial charge on any atom is -0.486 e. The van der Waals surface area contributed by atoms with Crippen molar-refractivity contribution in [3.63, 3.8) is 0 Å². The average Bonchev–Trinajstić information content (AvgIpc) is 2.39. The van der Waals surface area contributed by atoms with E-state index in [-0.39, 0.29) is 29.0 Å². The van der Waals surface area contributed by atoms with Gasteiger partial charge in [-0.1, -0.05) is 23.7 Å². The quantitative estimate of drug-likeness (QED) is 0.917. The number of hydrogen-bond donors (Lipinski definition) is 1. The Labute approximate surface area is 121 Å². The third-order valence-electron chi connectivity index (χ3n) is 2.92. The molecule has 0 saturated heterocycles. The van der Waals surface area contributed by atoms with Crippen LogP contribution in [0.2, 0.25) is 5.02 Å². The number of hydrogen-bond acceptors (Lipinski definition) is 2. The summed E-state index contributed by atoms with van der Waals surface area (Å²) in [5.41, 5.74) is 6.53. The second kappa shape index (κ2) is 6.20. The van der Waals surface area contributed by atoms with Crippen molar-refractivity contribution < 1.29 is 13.5 Å². The summed E-state index contributed by atoms with van der Waals surface area (Å²) in [5, 5.41) is 0.248. The SMILES string of the molecule is C[C@H](N)c1ccc(OCc2c(F)cccc2Cl)c(F)c1. The maximum atomic E-state index is 13.8. The second-order valence-electron chi connectivity index (χ2n) is 4.47. The van der Waals surface area contributed by atoms with E-state index >= 15 is 0 Å². The number of rotatable bonds is 4. The maximum Gasteiger partial charge on any atom is 0.165 e. The lowest BCUT2D eigenvalue weighted by molar-refractivity contribution is 0.284. The van der Waals surface area contributed by atoms with Crippen LogP contribution in [0.15, 0.2) is 36.4 Å². The van der Waals surface area contributed by atoms with E-state index in [1.807, 2.05) is 0 Å². The summed E-state index contributed by atoms with van der Waals surface area (Å²) in [6.45, 7) is 1.62. The first-order valence-corrected chi connectivity index (χ1v) is 6.47. The summed E-state index contributed by atoms with van der Waals surface area (Å²) in [7, 11) is 0. The molecule has 0 amide bonds. The Morgan fingerprint density at radius 1 is 1.20 bits per heavy atom. The molecule has 0 aliphatic carbocycles. The van der Waals surface area contributed by atoms with Crippen LogP contribution in [-0.4, -0.2) is 0 Å². The molecule has 0 spiro atoms. The minimum atomic E-state index is -0.535. The Hall–Kier alpha value is -1.65. The normalized spacial score (nSPS) is 12.2. The fourth-order valence-electron chi connectivity index (χ4n) is 1.74. The monoisotopic (exact) mass is 297 g/mol. The van der Waals surface area contributed by atoms with Crippen LogP contribution in [0.4, 0.5) is 8.78 Å². The Kier molecular flexibility index (Phi) is 4.57. The van der Waals surface area contributed by atoms with Gasteiger partial charge in [0.05, 0.1) is 5.02 Å². The lowest BCUT2D eigenvalue weighted by Crippen LogP contribution is -2.06. The van der Waals surface area contributed by atoms with Crippen molar-refractivity contribution in [1.82, 2.24) is 0 Å². The van der Waals surface area contributed by atoms with Crippen molar-refractivity contribution in [2.75, 3.05) is 0 Å². The summed E-state index contributed by atoms with van der Waals surface area (Å²) in [6, 6.07) is 8.52. The standard InChI is InChI=1S/C15H14ClF2NO/c1-9(19)10-5-6-15(14(18)7-10)20-8-11-12(16)3-2-4-13(11)17/h2-7,9H,8,19H2,1H3/t9-/m0/s1. The summed E-state index contributed by atoms with van der Waals surface area (Å²) in [4.78, 5) is 0. The van der Waals surface area contributed by atoms with Crippen LogP contribution < -0.4 is 10.5 Å². The van der Waals surface area contributed by atoms with Gasteiger partial charge in [0, 0.05) is 11.6 Å². The molecule has 1 atom stereocenters. The molecule has 2 aromatic rings. The van der Waals surface area contributed by atoms with E-state index in [2.05, 4.69) is 0 Å². The molecule has 0 heterocycles. The van der Waals surface area contributed by atoms with Crippen LogP contribution in [0.25, 0.3) is 0 Å². The molecule has 0 aliphatic rings. The first-order chi connectivity index (χ1) is 9.49. The van der Waals surface area contributed by atoms with Crippen LogP contribution in [-0.2, 0) is 6.61 Å². The first kappa shape index (κ1) is 14.8. The largest absolute Gasteiger partial charge is 0.486 e. The summed E-state index contributed by atoms with van der Waals surface area (Å²) >= 11 is 5.87. The molecule has 2 rings (SSSR count). The average molecular weight is 298 g/mol. The zero-order valence-electron chi connectivity index (χ0n) is 10.9. The van der Waals surface area contributed by atoms with Gasteiger partial charge < -0.3 is 10.5 Å². The first-order valence-electron chi connectivity index (χ1n) is 6.09. The molecule has 2 aromatic carbocycles. The van der Waals surface area contributed by atoms with E-state index in [1.54, 1.807) is 19.1 Å². The molecule has 0 aliphatic heterocycles. The molecule has 106 valence electrons. The molecular formula is C15H14ClF2NO. The fourth-order valence-corrected chi connectivity index (χ4v) is 1.96. The molecule has 0 fully saturated rings. The second-order valence-corrected chi connectivity index (χ2v) is 4.87. The van der Waals surface area contributed by atoms with Crippen molar-refractivity contribution in [2.24, 2.45) is 5.73 Å². The van der Waals surface area contributed by atoms with Crippen molar-refractivity contribution in [2.45, 2.75) is 19.6 Å². The smallest absolute Gasteiger partial charge is 0.165 e. The Morgan fingerprint density at radius 2 is 1.95 bits per heavy atom. The van der Waals surface area contributed by atoms with Crippen molar-refractivity contribution >= 4 is 11.6 Å². The summed E-state index contributed by atoms with van der Waals surface area (Å²) in [6.07, 6.45) is 0. The Bertz CT molecular complexity index is 597. The topological polar surface area (TPSA) is 35.2 Å². The van der Waals surface area contributed by atoms with E-state index in [0.29, 0.717) is 5.56 Å². The van der Waals surface area contributed by atoms with Gasteiger partial charge in [-0.3, -0.25) is 0 Å². The van der Waals surface area contributed by atoms with Crippen LogP contribution in [0.1, 0.15) is 24.1 Å². The van der Waals surface area contributed by atoms with Crippen molar-refractivity contribution in [3.8, 4) is 5.75 Å². The van der Waals surface area contributed by atoms with E-state index < -0.39 is 11.6 Å². The lowest BCUT2D eigenvalue weighted by Gasteiger charge is -2.11. The predicted molar refractivity (Wildman–Crippen MR) is 74.7 cm³/mol. The minimum absolute atomic E-state index is 0.0359. The van der Waals surface area contributed by atoms with Crippen LogP contribution in [0.5, 0.6) is 5.75 Å². The van der Waals surface area contributed by atoms with Gasteiger partial charge in [-0.2, -0.15) is 0 Å². The van der Waals surface area contributed by atoms with Gasteiger partial charge in [0.15, 0.2) is 11.6 Å². The van der Waals surface area contributed by atoms with Gasteiger partial charge in [-0.05, 0) is 36.8 Å². The predicted octanol–water partition coefficient (Wildman–Crippen LogP) is 4.22. The van der Waals surface area contributed by atoms with Gasteiger partial charge in [0.1, 0.15) is 12.4 Å². The number of benzene rings is 2. The summed E-state index contributed by atoms with van der Waals surface area (Å²) < 4.78 is 32.6. The molecule has 2 N–H and O–H groups in total. The number of nitrogens with two attached hydrogens (primary N) is 1. The highest BCUT2D eigenvalue weighted by Gasteiger charge is 2.11. The molecule has 0 bridgehead atoms. The zero-order chi connectivity index (χ0) is 14.7. The third kappa shape index (κ3) is 3.26. The highest BCUT2D eigenvalue weighted by Crippen LogP contribution is 2.24. The van der Waals surface area contributed by atoms with Gasteiger partial charge >= 0.3 is 0 Å². The molecule has 5 heteroatoms. The highest BCUT2D eigenvalue weighted by atomic mass is 35.5. The molecule has 0 radical (unpaired) electrons. The van der Waals surface area contributed by atoms with Crippen LogP contribution >= 0.6 is 11.6 Å². The fraction of sp³-hybridized carbons (Fsp3) is 0.200. The van der Waals surface area contributed by atoms with E-state index in [1.165, 1.54) is 24.3 Å². The molecule has 0 saturated carbocycles. The summed E-state index contributed by atoms with van der Waals surface area (Å²) in [5.74, 6) is -0.980. The van der Waals surface area contributed by atoms with Crippen molar-refractivity contribution in [3.05, 3.63) is 64.2 Å². The Morgan fingerprint density at radius 3 is 2.55 bits per heavy atom. The molecule has 0 aromatic heterocycles. The molecular weight excluding hydrogens is 284 g/mol. The molecule has 20 heavy (non-hydrogen) atoms. The lowest BCUT2D eigenvalue weighted by atomic mass is 10.1. The third-order valence-corrected chi connectivity index (χ3v) is 3.27. The highest BCUT2D eigenvalue weighted by molar-refractivity contribution is 6.31. The van der Waals surface area contributed by atoms with Gasteiger partial charge in [-0.15, -0.1) is 0 Å². The van der Waals surface area contributed by atoms with Crippen LogP contribution in [0, 0.1) is 11.6 Å². The van der Waals surface area contributed by atoms with E-state index in [0.717, 1.165) is 0 Å². The maximum absolute atomic E-state index is 13.8. The van der Waals surface area contributed by atoms with Crippen LogP contribution in [0.3, 0.4) is 0 Å². The molecule has 0 unspecified atom stereocenters. The zero-order valence-corrected chi connectivity index (χ0v) is 11.6. The van der Waals surface area contributed by atoms with E-state index in [9.17, 15) is 8.78 Å². The molecule has 2 nitrogen and oxygen atoms in total. The number of ether oxygens (including phenoxy) is 1. The van der Waals surface area contributed by atoms with Gasteiger partial charge in [0.2, 0.25) is 0 Å². The van der Waals surface area contributed by atoms with E-state index in [4.69, 9.17) is 22.1 Å².